The van der Waals surface area contributed by atoms with Gasteiger partial charge in [0.2, 0.25) is 0 Å². The zero-order chi connectivity index (χ0) is 15.4. The van der Waals surface area contributed by atoms with Crippen molar-refractivity contribution in [1.82, 2.24) is 5.32 Å². The van der Waals surface area contributed by atoms with Crippen molar-refractivity contribution >= 4 is 31.9 Å². The van der Waals surface area contributed by atoms with Gasteiger partial charge in [-0.3, -0.25) is 0 Å². The van der Waals surface area contributed by atoms with Crippen molar-refractivity contribution in [2.24, 2.45) is 0 Å². The molecule has 3 heteroatoms. The molecular weight excluding hydrogens is 390 g/mol. The maximum Gasteiger partial charge on any atom is 0.0577 e. The van der Waals surface area contributed by atoms with Crippen molar-refractivity contribution in [3.63, 3.8) is 0 Å². The first-order chi connectivity index (χ1) is 10.1. The van der Waals surface area contributed by atoms with Gasteiger partial charge in [-0.25, -0.2) is 0 Å². The van der Waals surface area contributed by atoms with Gasteiger partial charge < -0.3 is 5.32 Å². The molecule has 1 unspecified atom stereocenters. The van der Waals surface area contributed by atoms with E-state index in [1.165, 1.54) is 22.3 Å². The summed E-state index contributed by atoms with van der Waals surface area (Å²) >= 11 is 7.18. The molecule has 2 rings (SSSR count). The Labute approximate surface area is 144 Å². The minimum atomic E-state index is 0.209. The second-order valence-corrected chi connectivity index (χ2v) is 7.00. The van der Waals surface area contributed by atoms with Crippen LogP contribution >= 0.6 is 31.9 Å². The summed E-state index contributed by atoms with van der Waals surface area (Å²) in [6, 6.07) is 13.5. The van der Waals surface area contributed by atoms with Gasteiger partial charge in [0, 0.05) is 8.95 Å². The van der Waals surface area contributed by atoms with Crippen LogP contribution in [0.1, 0.15) is 42.1 Å². The van der Waals surface area contributed by atoms with Crippen LogP contribution in [0.25, 0.3) is 0 Å². The Kier molecular flexibility index (Phi) is 6.03. The first kappa shape index (κ1) is 16.7. The molecule has 0 saturated heterocycles. The van der Waals surface area contributed by atoms with Crippen molar-refractivity contribution in [3.05, 3.63) is 67.6 Å². The van der Waals surface area contributed by atoms with Crippen LogP contribution in [-0.4, -0.2) is 7.05 Å². The van der Waals surface area contributed by atoms with Crippen LogP contribution in [0.15, 0.2) is 45.3 Å². The van der Waals surface area contributed by atoms with E-state index in [1.807, 2.05) is 7.05 Å². The number of aryl methyl sites for hydroxylation is 2. The van der Waals surface area contributed by atoms with E-state index >= 15 is 0 Å². The molecule has 2 aromatic rings. The van der Waals surface area contributed by atoms with Crippen LogP contribution in [0.5, 0.6) is 0 Å². The molecule has 1 nitrogen and oxygen atoms in total. The summed E-state index contributed by atoms with van der Waals surface area (Å²) in [4.78, 5) is 0. The number of nitrogens with one attached hydrogen (secondary N) is 1. The van der Waals surface area contributed by atoms with Crippen molar-refractivity contribution in [2.75, 3.05) is 7.05 Å². The molecular formula is C18H21Br2N. The van der Waals surface area contributed by atoms with Gasteiger partial charge in [-0.1, -0.05) is 63.9 Å². The van der Waals surface area contributed by atoms with Crippen molar-refractivity contribution < 1.29 is 0 Å². The number of rotatable bonds is 5. The van der Waals surface area contributed by atoms with E-state index in [0.29, 0.717) is 0 Å². The fraction of sp³-hybridized carbons (Fsp3) is 0.333. The highest BCUT2D eigenvalue weighted by molar-refractivity contribution is 9.11. The Morgan fingerprint density at radius 2 is 1.62 bits per heavy atom. The van der Waals surface area contributed by atoms with Crippen molar-refractivity contribution in [1.29, 1.82) is 0 Å². The second kappa shape index (κ2) is 7.57. The Bertz CT molecular complexity index is 602. The highest BCUT2D eigenvalue weighted by Crippen LogP contribution is 2.30. The summed E-state index contributed by atoms with van der Waals surface area (Å²) in [7, 11) is 2.03. The molecule has 112 valence electrons. The monoisotopic (exact) mass is 409 g/mol. The second-order valence-electron chi connectivity index (χ2n) is 5.16. The lowest BCUT2D eigenvalue weighted by atomic mass is 9.91. The van der Waals surface area contributed by atoms with E-state index in [1.54, 1.807) is 0 Å². The summed E-state index contributed by atoms with van der Waals surface area (Å²) in [6.45, 7) is 4.42. The molecule has 0 heterocycles. The number of halogens is 2. The van der Waals surface area contributed by atoms with Crippen molar-refractivity contribution in [3.8, 4) is 0 Å². The molecule has 0 aliphatic rings. The third-order valence-electron chi connectivity index (χ3n) is 3.82. The molecule has 1 atom stereocenters. The first-order valence-electron chi connectivity index (χ1n) is 7.34. The van der Waals surface area contributed by atoms with Gasteiger partial charge in [0.05, 0.1) is 6.04 Å². The molecule has 1 N–H and O–H groups in total. The number of hydrogen-bond acceptors (Lipinski definition) is 1. The van der Waals surface area contributed by atoms with Gasteiger partial charge in [0.25, 0.3) is 0 Å². The fourth-order valence-electron chi connectivity index (χ4n) is 2.70. The van der Waals surface area contributed by atoms with E-state index in [2.05, 4.69) is 87.4 Å². The van der Waals surface area contributed by atoms with Gasteiger partial charge >= 0.3 is 0 Å². The molecule has 0 aliphatic heterocycles. The maximum absolute atomic E-state index is 3.59. The normalized spacial score (nSPS) is 12.4. The highest BCUT2D eigenvalue weighted by Gasteiger charge is 2.16. The molecule has 0 radical (unpaired) electrons. The Morgan fingerprint density at radius 1 is 0.952 bits per heavy atom. The van der Waals surface area contributed by atoms with Crippen LogP contribution in [0.3, 0.4) is 0 Å². The predicted octanol–water partition coefficient (Wildman–Crippen LogP) is 5.65. The number of benzene rings is 2. The van der Waals surface area contributed by atoms with E-state index in [0.717, 1.165) is 21.8 Å². The summed E-state index contributed by atoms with van der Waals surface area (Å²) in [5, 5.41) is 3.47. The fourth-order valence-corrected chi connectivity index (χ4v) is 4.03. The maximum atomic E-state index is 3.59. The van der Waals surface area contributed by atoms with Gasteiger partial charge in [0.1, 0.15) is 0 Å². The SMILES string of the molecule is CCc1ccc(CC)c(C(NC)c2cc(Br)cc(Br)c2)c1. The first-order valence-corrected chi connectivity index (χ1v) is 8.92. The molecule has 0 bridgehead atoms. The Hall–Kier alpha value is -0.640. The van der Waals surface area contributed by atoms with Crippen molar-refractivity contribution in [2.45, 2.75) is 32.7 Å². The third kappa shape index (κ3) is 3.97. The van der Waals surface area contributed by atoms with E-state index < -0.39 is 0 Å². The quantitative estimate of drug-likeness (QED) is 0.671. The Balaban J connectivity index is 2.54. The zero-order valence-corrected chi connectivity index (χ0v) is 15.9. The average molecular weight is 411 g/mol. The van der Waals surface area contributed by atoms with E-state index in [-0.39, 0.29) is 6.04 Å². The van der Waals surface area contributed by atoms with Crippen LogP contribution in [-0.2, 0) is 12.8 Å². The lowest BCUT2D eigenvalue weighted by Crippen LogP contribution is -2.19. The largest absolute Gasteiger partial charge is 0.309 e. The van der Waals surface area contributed by atoms with Gasteiger partial charge in [-0.15, -0.1) is 0 Å². The molecule has 0 aliphatic carbocycles. The zero-order valence-electron chi connectivity index (χ0n) is 12.7. The van der Waals surface area contributed by atoms with Gasteiger partial charge in [-0.2, -0.15) is 0 Å². The standard InChI is InChI=1S/C18H21Br2N/c1-4-12-6-7-13(5-2)17(8-12)18(21-3)14-9-15(19)11-16(20)10-14/h6-11,18,21H,4-5H2,1-3H3. The lowest BCUT2D eigenvalue weighted by Gasteiger charge is -2.22. The molecule has 2 aromatic carbocycles. The van der Waals surface area contributed by atoms with Gasteiger partial charge in [0.15, 0.2) is 0 Å². The summed E-state index contributed by atoms with van der Waals surface area (Å²) < 4.78 is 2.19. The predicted molar refractivity (Wildman–Crippen MR) is 97.9 cm³/mol. The Morgan fingerprint density at radius 3 is 2.14 bits per heavy atom. The molecule has 0 fully saturated rings. The van der Waals surface area contributed by atoms with Gasteiger partial charge in [-0.05, 0) is 60.3 Å². The van der Waals surface area contributed by atoms with E-state index in [9.17, 15) is 0 Å². The minimum Gasteiger partial charge on any atom is -0.309 e. The summed E-state index contributed by atoms with van der Waals surface area (Å²) in [6.07, 6.45) is 2.11. The molecule has 0 spiro atoms. The van der Waals surface area contributed by atoms with Crippen LogP contribution in [0.2, 0.25) is 0 Å². The summed E-state index contributed by atoms with van der Waals surface area (Å²) in [5.74, 6) is 0. The lowest BCUT2D eigenvalue weighted by molar-refractivity contribution is 0.682. The molecule has 21 heavy (non-hydrogen) atoms. The topological polar surface area (TPSA) is 12.0 Å². The molecule has 0 saturated carbocycles. The van der Waals surface area contributed by atoms with E-state index in [4.69, 9.17) is 0 Å². The van der Waals surface area contributed by atoms with Crippen LogP contribution < -0.4 is 5.32 Å². The molecule has 0 aromatic heterocycles. The smallest absolute Gasteiger partial charge is 0.0577 e. The highest BCUT2D eigenvalue weighted by atomic mass is 79.9. The minimum absolute atomic E-state index is 0.209. The third-order valence-corrected chi connectivity index (χ3v) is 4.73. The van der Waals surface area contributed by atoms with Crippen LogP contribution in [0.4, 0.5) is 0 Å². The molecule has 0 amide bonds. The number of hydrogen-bond donors (Lipinski definition) is 1. The average Bonchev–Trinajstić information content (AvgIpc) is 2.47. The summed E-state index contributed by atoms with van der Waals surface area (Å²) in [5.41, 5.74) is 5.44. The van der Waals surface area contributed by atoms with Crippen LogP contribution in [0, 0.1) is 0 Å².